The molecule has 0 spiro atoms. The highest BCUT2D eigenvalue weighted by Crippen LogP contribution is 2.30. The Morgan fingerprint density at radius 1 is 1.20 bits per heavy atom. The van der Waals surface area contributed by atoms with Gasteiger partial charge in [0.05, 0.1) is 54.7 Å². The standard InChI is InChI=1S/C17H18N6O2/c18-17-13-10-20-23(5-7-25-8-6-24)16(13)12-2-1-11(9-15(12)21-17)14-3-4-19-22-14/h1-4,9-10,24H,5-8H2,(H2,18,21)(H,19,22). The van der Waals surface area contributed by atoms with Crippen LogP contribution in [0.5, 0.6) is 0 Å². The number of nitrogen functional groups attached to an aromatic ring is 1. The minimum atomic E-state index is 0.00995. The van der Waals surface area contributed by atoms with Gasteiger partial charge in [-0.1, -0.05) is 6.07 Å². The molecule has 4 N–H and O–H groups in total. The van der Waals surface area contributed by atoms with E-state index in [9.17, 15) is 0 Å². The summed E-state index contributed by atoms with van der Waals surface area (Å²) in [6.07, 6.45) is 3.44. The fourth-order valence-electron chi connectivity index (χ4n) is 2.94. The van der Waals surface area contributed by atoms with Crippen LogP contribution in [0.3, 0.4) is 0 Å². The summed E-state index contributed by atoms with van der Waals surface area (Å²) in [7, 11) is 0. The van der Waals surface area contributed by atoms with E-state index in [0.717, 1.165) is 33.1 Å². The van der Waals surface area contributed by atoms with E-state index < -0.39 is 0 Å². The lowest BCUT2D eigenvalue weighted by Crippen LogP contribution is -2.09. The summed E-state index contributed by atoms with van der Waals surface area (Å²) in [5.41, 5.74) is 9.79. The summed E-state index contributed by atoms with van der Waals surface area (Å²) in [4.78, 5) is 4.52. The van der Waals surface area contributed by atoms with Crippen molar-refractivity contribution in [1.82, 2.24) is 25.0 Å². The Labute approximate surface area is 143 Å². The lowest BCUT2D eigenvalue weighted by atomic mass is 10.1. The zero-order valence-corrected chi connectivity index (χ0v) is 13.5. The normalized spacial score (nSPS) is 11.6. The molecule has 0 radical (unpaired) electrons. The first kappa shape index (κ1) is 15.6. The number of pyridine rings is 1. The van der Waals surface area contributed by atoms with Gasteiger partial charge in [0.1, 0.15) is 5.82 Å². The van der Waals surface area contributed by atoms with Crippen LogP contribution in [0.1, 0.15) is 0 Å². The van der Waals surface area contributed by atoms with Crippen LogP contribution >= 0.6 is 0 Å². The SMILES string of the molecule is Nc1nc2cc(-c3ccn[nH]3)ccc2c2c1cnn2CCOCCO. The molecule has 4 rings (SSSR count). The molecule has 0 aliphatic rings. The molecular weight excluding hydrogens is 320 g/mol. The van der Waals surface area contributed by atoms with Crippen molar-refractivity contribution in [2.75, 3.05) is 25.6 Å². The zero-order valence-electron chi connectivity index (χ0n) is 13.5. The van der Waals surface area contributed by atoms with Crippen LogP contribution in [-0.4, -0.2) is 49.9 Å². The Kier molecular flexibility index (Phi) is 4.04. The number of aliphatic hydroxyl groups is 1. The van der Waals surface area contributed by atoms with E-state index >= 15 is 0 Å². The van der Waals surface area contributed by atoms with Gasteiger partial charge in [-0.3, -0.25) is 9.78 Å². The number of aromatic amines is 1. The van der Waals surface area contributed by atoms with Gasteiger partial charge in [-0.25, -0.2) is 4.98 Å². The van der Waals surface area contributed by atoms with Gasteiger partial charge in [0.25, 0.3) is 0 Å². The molecule has 0 saturated carbocycles. The van der Waals surface area contributed by atoms with Crippen LogP contribution in [-0.2, 0) is 11.3 Å². The molecule has 0 unspecified atom stereocenters. The van der Waals surface area contributed by atoms with Crippen molar-refractivity contribution in [3.63, 3.8) is 0 Å². The lowest BCUT2D eigenvalue weighted by molar-refractivity contribution is 0.0860. The number of ether oxygens (including phenoxy) is 1. The van der Waals surface area contributed by atoms with Crippen LogP contribution in [0, 0.1) is 0 Å². The van der Waals surface area contributed by atoms with Crippen molar-refractivity contribution >= 4 is 27.6 Å². The molecule has 0 atom stereocenters. The molecule has 25 heavy (non-hydrogen) atoms. The maximum absolute atomic E-state index is 8.80. The second kappa shape index (κ2) is 6.50. The summed E-state index contributed by atoms with van der Waals surface area (Å²) in [6.45, 7) is 1.37. The highest BCUT2D eigenvalue weighted by molar-refractivity contribution is 6.08. The summed E-state index contributed by atoms with van der Waals surface area (Å²) >= 11 is 0. The summed E-state index contributed by atoms with van der Waals surface area (Å²) in [5.74, 6) is 0.451. The number of H-pyrrole nitrogens is 1. The molecule has 1 aromatic carbocycles. The van der Waals surface area contributed by atoms with Gasteiger partial charge in [0.15, 0.2) is 0 Å². The van der Waals surface area contributed by atoms with E-state index in [1.54, 1.807) is 12.4 Å². The summed E-state index contributed by atoms with van der Waals surface area (Å²) in [5, 5.41) is 22.0. The molecule has 4 aromatic rings. The van der Waals surface area contributed by atoms with E-state index in [2.05, 4.69) is 20.3 Å². The van der Waals surface area contributed by atoms with Crippen LogP contribution < -0.4 is 5.73 Å². The van der Waals surface area contributed by atoms with Gasteiger partial charge in [0, 0.05) is 17.1 Å². The Morgan fingerprint density at radius 3 is 2.92 bits per heavy atom. The van der Waals surface area contributed by atoms with E-state index in [0.29, 0.717) is 25.6 Å². The van der Waals surface area contributed by atoms with E-state index in [1.807, 2.05) is 28.9 Å². The smallest absolute Gasteiger partial charge is 0.135 e. The van der Waals surface area contributed by atoms with Gasteiger partial charge >= 0.3 is 0 Å². The minimum absolute atomic E-state index is 0.00995. The van der Waals surface area contributed by atoms with Crippen LogP contribution in [0.4, 0.5) is 5.82 Å². The molecule has 3 heterocycles. The predicted octanol–water partition coefficient (Wildman–Crippen LogP) is 1.57. The molecule has 0 aliphatic heterocycles. The van der Waals surface area contributed by atoms with Crippen molar-refractivity contribution in [2.45, 2.75) is 6.54 Å². The molecule has 8 heteroatoms. The van der Waals surface area contributed by atoms with E-state index in [4.69, 9.17) is 15.6 Å². The molecule has 128 valence electrons. The number of aromatic nitrogens is 5. The van der Waals surface area contributed by atoms with Crippen molar-refractivity contribution < 1.29 is 9.84 Å². The van der Waals surface area contributed by atoms with Crippen molar-refractivity contribution in [2.24, 2.45) is 0 Å². The molecule has 0 saturated heterocycles. The first-order chi connectivity index (χ1) is 12.3. The third kappa shape index (κ3) is 2.81. The third-order valence-corrected chi connectivity index (χ3v) is 4.10. The number of hydrogen-bond donors (Lipinski definition) is 3. The monoisotopic (exact) mass is 338 g/mol. The second-order valence-electron chi connectivity index (χ2n) is 5.67. The van der Waals surface area contributed by atoms with Crippen molar-refractivity contribution in [3.8, 4) is 11.3 Å². The van der Waals surface area contributed by atoms with Gasteiger partial charge < -0.3 is 15.6 Å². The number of nitrogens with two attached hydrogens (primary N) is 1. The van der Waals surface area contributed by atoms with Gasteiger partial charge in [-0.2, -0.15) is 10.2 Å². The highest BCUT2D eigenvalue weighted by Gasteiger charge is 2.13. The van der Waals surface area contributed by atoms with E-state index in [1.165, 1.54) is 0 Å². The average molecular weight is 338 g/mol. The number of hydrogen-bond acceptors (Lipinski definition) is 6. The maximum Gasteiger partial charge on any atom is 0.135 e. The minimum Gasteiger partial charge on any atom is -0.394 e. The summed E-state index contributed by atoms with van der Waals surface area (Å²) in [6, 6.07) is 7.93. The Balaban J connectivity index is 1.80. The van der Waals surface area contributed by atoms with Gasteiger partial charge in [-0.05, 0) is 18.2 Å². The Bertz CT molecular complexity index is 1010. The van der Waals surface area contributed by atoms with Crippen molar-refractivity contribution in [1.29, 1.82) is 0 Å². The van der Waals surface area contributed by atoms with Crippen LogP contribution in [0.15, 0.2) is 36.7 Å². The maximum atomic E-state index is 8.80. The lowest BCUT2D eigenvalue weighted by Gasteiger charge is -2.09. The molecule has 0 aliphatic carbocycles. The predicted molar refractivity (Wildman–Crippen MR) is 94.9 cm³/mol. The first-order valence-corrected chi connectivity index (χ1v) is 8.01. The number of anilines is 1. The first-order valence-electron chi connectivity index (χ1n) is 8.01. The molecule has 0 bridgehead atoms. The highest BCUT2D eigenvalue weighted by atomic mass is 16.5. The largest absolute Gasteiger partial charge is 0.394 e. The molecule has 0 amide bonds. The molecular formula is C17H18N6O2. The topological polar surface area (TPSA) is 115 Å². The quantitative estimate of drug-likeness (QED) is 0.460. The molecule has 3 aromatic heterocycles. The Morgan fingerprint density at radius 2 is 2.12 bits per heavy atom. The molecule has 8 nitrogen and oxygen atoms in total. The van der Waals surface area contributed by atoms with Gasteiger partial charge in [0.2, 0.25) is 0 Å². The number of aliphatic hydroxyl groups excluding tert-OH is 1. The number of nitrogens with zero attached hydrogens (tertiary/aromatic N) is 4. The summed E-state index contributed by atoms with van der Waals surface area (Å²) < 4.78 is 7.21. The second-order valence-corrected chi connectivity index (χ2v) is 5.67. The third-order valence-electron chi connectivity index (χ3n) is 4.10. The Hall–Kier alpha value is -2.97. The number of benzene rings is 1. The van der Waals surface area contributed by atoms with E-state index in [-0.39, 0.29) is 6.61 Å². The number of fused-ring (bicyclic) bond motifs is 3. The fraction of sp³-hybridized carbons (Fsp3) is 0.235. The van der Waals surface area contributed by atoms with Crippen LogP contribution in [0.2, 0.25) is 0 Å². The fourth-order valence-corrected chi connectivity index (χ4v) is 2.94. The zero-order chi connectivity index (χ0) is 17.2. The average Bonchev–Trinajstić information content (AvgIpc) is 3.29. The number of rotatable bonds is 6. The molecule has 0 fully saturated rings. The number of nitrogens with one attached hydrogen (secondary N) is 1. The van der Waals surface area contributed by atoms with Gasteiger partial charge in [-0.15, -0.1) is 0 Å². The van der Waals surface area contributed by atoms with Crippen molar-refractivity contribution in [3.05, 3.63) is 36.7 Å². The van der Waals surface area contributed by atoms with Crippen LogP contribution in [0.25, 0.3) is 33.1 Å².